The van der Waals surface area contributed by atoms with Crippen molar-refractivity contribution in [2.45, 2.75) is 20.0 Å². The number of ether oxygens (including phenoxy) is 1. The lowest BCUT2D eigenvalue weighted by Crippen LogP contribution is -2.47. The second-order valence-corrected chi connectivity index (χ2v) is 8.62. The largest absolute Gasteiger partial charge is 0.479 e. The van der Waals surface area contributed by atoms with Gasteiger partial charge in [0.25, 0.3) is 5.91 Å². The van der Waals surface area contributed by atoms with Gasteiger partial charge in [0.1, 0.15) is 12.3 Å². The summed E-state index contributed by atoms with van der Waals surface area (Å²) in [5, 5.41) is 6.18. The van der Waals surface area contributed by atoms with Crippen molar-refractivity contribution in [1.82, 2.24) is 4.98 Å². The molecule has 2 amide bonds. The number of anilines is 2. The number of amides is 2. The molecule has 0 saturated heterocycles. The summed E-state index contributed by atoms with van der Waals surface area (Å²) in [6.45, 7) is 3.39. The van der Waals surface area contributed by atoms with Crippen molar-refractivity contribution >= 4 is 57.7 Å². The van der Waals surface area contributed by atoms with Crippen LogP contribution in [0.15, 0.2) is 41.8 Å². The Morgan fingerprint density at radius 1 is 1.30 bits per heavy atom. The average molecular weight is 462 g/mol. The summed E-state index contributed by atoms with van der Waals surface area (Å²) in [7, 11) is 0. The SMILES string of the molecule is Cc1nc(-c2ccc3c(c2)N(CC(=O)Nc2cccc(Cl)c2Cl)C(=O)C(C)O3)cs1. The Hall–Kier alpha value is -2.61. The van der Waals surface area contributed by atoms with E-state index >= 15 is 0 Å². The van der Waals surface area contributed by atoms with E-state index in [1.54, 1.807) is 42.5 Å². The fraction of sp³-hybridized carbons (Fsp3) is 0.190. The minimum atomic E-state index is -0.701. The molecule has 0 saturated carbocycles. The van der Waals surface area contributed by atoms with E-state index in [-0.39, 0.29) is 17.5 Å². The molecule has 1 atom stereocenters. The molecule has 154 valence electrons. The number of halogens is 2. The van der Waals surface area contributed by atoms with Gasteiger partial charge in [-0.2, -0.15) is 0 Å². The van der Waals surface area contributed by atoms with Crippen LogP contribution < -0.4 is 15.0 Å². The molecule has 2 aromatic carbocycles. The van der Waals surface area contributed by atoms with Crippen molar-refractivity contribution in [3.8, 4) is 17.0 Å². The fourth-order valence-corrected chi connectivity index (χ4v) is 4.13. The minimum absolute atomic E-state index is 0.193. The van der Waals surface area contributed by atoms with Crippen LogP contribution in [0, 0.1) is 6.92 Å². The molecule has 6 nitrogen and oxygen atoms in total. The number of benzene rings is 2. The van der Waals surface area contributed by atoms with E-state index in [9.17, 15) is 9.59 Å². The van der Waals surface area contributed by atoms with Gasteiger partial charge < -0.3 is 10.1 Å². The number of fused-ring (bicyclic) bond motifs is 1. The maximum Gasteiger partial charge on any atom is 0.268 e. The number of hydrogen-bond acceptors (Lipinski definition) is 5. The van der Waals surface area contributed by atoms with E-state index in [1.165, 1.54) is 4.90 Å². The lowest BCUT2D eigenvalue weighted by Gasteiger charge is -2.33. The minimum Gasteiger partial charge on any atom is -0.479 e. The zero-order valence-electron chi connectivity index (χ0n) is 16.1. The van der Waals surface area contributed by atoms with Gasteiger partial charge in [-0.1, -0.05) is 29.3 Å². The number of nitrogens with one attached hydrogen (secondary N) is 1. The Morgan fingerprint density at radius 2 is 2.10 bits per heavy atom. The van der Waals surface area contributed by atoms with Gasteiger partial charge in [-0.05, 0) is 44.2 Å². The van der Waals surface area contributed by atoms with Crippen molar-refractivity contribution < 1.29 is 14.3 Å². The molecular formula is C21H17Cl2N3O3S. The van der Waals surface area contributed by atoms with E-state index in [4.69, 9.17) is 27.9 Å². The number of carbonyl (C=O) groups excluding carboxylic acids is 2. The van der Waals surface area contributed by atoms with Crippen molar-refractivity contribution in [2.75, 3.05) is 16.8 Å². The molecule has 4 rings (SSSR count). The second kappa shape index (κ2) is 8.26. The first-order valence-electron chi connectivity index (χ1n) is 9.12. The zero-order chi connectivity index (χ0) is 21.4. The number of aromatic nitrogens is 1. The third kappa shape index (κ3) is 4.01. The van der Waals surface area contributed by atoms with Crippen molar-refractivity contribution in [2.24, 2.45) is 0 Å². The molecule has 1 aliphatic heterocycles. The Balaban J connectivity index is 1.63. The van der Waals surface area contributed by atoms with Gasteiger partial charge >= 0.3 is 0 Å². The lowest BCUT2D eigenvalue weighted by molar-refractivity contribution is -0.127. The zero-order valence-corrected chi connectivity index (χ0v) is 18.4. The van der Waals surface area contributed by atoms with Crippen LogP contribution in [0.1, 0.15) is 11.9 Å². The molecule has 30 heavy (non-hydrogen) atoms. The second-order valence-electron chi connectivity index (χ2n) is 6.77. The van der Waals surface area contributed by atoms with E-state index in [2.05, 4.69) is 10.3 Å². The van der Waals surface area contributed by atoms with Crippen LogP contribution in [0.5, 0.6) is 5.75 Å². The van der Waals surface area contributed by atoms with Crippen LogP contribution >= 0.6 is 34.5 Å². The molecule has 0 fully saturated rings. The smallest absolute Gasteiger partial charge is 0.268 e. The molecule has 0 aliphatic carbocycles. The van der Waals surface area contributed by atoms with Gasteiger partial charge in [0, 0.05) is 10.9 Å². The summed E-state index contributed by atoms with van der Waals surface area (Å²) in [6.07, 6.45) is -0.701. The molecule has 1 N–H and O–H groups in total. The highest BCUT2D eigenvalue weighted by molar-refractivity contribution is 7.09. The standard InChI is InChI=1S/C21H17Cl2N3O3S/c1-11-21(28)26(9-19(27)25-15-5-3-4-14(22)20(15)23)17-8-13(6-7-18(17)29-11)16-10-30-12(2)24-16/h3-8,10-11H,9H2,1-2H3,(H,25,27). The van der Waals surface area contributed by atoms with Gasteiger partial charge in [0.2, 0.25) is 5.91 Å². The first-order valence-corrected chi connectivity index (χ1v) is 10.8. The highest BCUT2D eigenvalue weighted by Crippen LogP contribution is 2.38. The third-order valence-electron chi connectivity index (χ3n) is 4.61. The number of hydrogen-bond donors (Lipinski definition) is 1. The summed E-state index contributed by atoms with van der Waals surface area (Å²) in [5.41, 5.74) is 2.55. The first-order chi connectivity index (χ1) is 14.3. The van der Waals surface area contributed by atoms with E-state index < -0.39 is 12.0 Å². The fourth-order valence-electron chi connectivity index (χ4n) is 3.16. The van der Waals surface area contributed by atoms with Gasteiger partial charge in [-0.25, -0.2) is 4.98 Å². The van der Waals surface area contributed by atoms with E-state index in [0.717, 1.165) is 16.3 Å². The number of thiazole rings is 1. The molecule has 3 aromatic rings. The van der Waals surface area contributed by atoms with Crippen molar-refractivity contribution in [3.63, 3.8) is 0 Å². The van der Waals surface area contributed by atoms with Gasteiger partial charge in [-0.3, -0.25) is 14.5 Å². The normalized spacial score (nSPS) is 15.5. The molecule has 2 heterocycles. The van der Waals surface area contributed by atoms with E-state index in [0.29, 0.717) is 22.1 Å². The number of aryl methyl sites for hydroxylation is 1. The van der Waals surface area contributed by atoms with Gasteiger partial charge in [0.05, 0.1) is 32.1 Å². The maximum absolute atomic E-state index is 12.8. The molecule has 0 radical (unpaired) electrons. The van der Waals surface area contributed by atoms with Crippen LogP contribution in [-0.2, 0) is 9.59 Å². The molecule has 0 bridgehead atoms. The molecule has 1 unspecified atom stereocenters. The van der Waals surface area contributed by atoms with Crippen LogP contribution in [0.4, 0.5) is 11.4 Å². The van der Waals surface area contributed by atoms with Crippen molar-refractivity contribution in [1.29, 1.82) is 0 Å². The highest BCUT2D eigenvalue weighted by Gasteiger charge is 2.33. The van der Waals surface area contributed by atoms with Gasteiger partial charge in [-0.15, -0.1) is 11.3 Å². The van der Waals surface area contributed by atoms with Crippen LogP contribution in [0.2, 0.25) is 10.0 Å². The quantitative estimate of drug-likeness (QED) is 0.580. The summed E-state index contributed by atoms with van der Waals surface area (Å²) >= 11 is 13.7. The molecular weight excluding hydrogens is 445 g/mol. The van der Waals surface area contributed by atoms with E-state index in [1.807, 2.05) is 24.4 Å². The Bertz CT molecular complexity index is 1150. The predicted octanol–water partition coefficient (Wildman–Crippen LogP) is 5.18. The molecule has 1 aromatic heterocycles. The third-order valence-corrected chi connectivity index (χ3v) is 6.20. The summed E-state index contributed by atoms with van der Waals surface area (Å²) in [6, 6.07) is 10.5. The van der Waals surface area contributed by atoms with Crippen molar-refractivity contribution in [3.05, 3.63) is 56.8 Å². The maximum atomic E-state index is 12.8. The number of carbonyl (C=O) groups is 2. The molecule has 1 aliphatic rings. The summed E-state index contributed by atoms with van der Waals surface area (Å²) in [5.74, 6) is -0.171. The molecule has 0 spiro atoms. The van der Waals surface area contributed by atoms with Crippen LogP contribution in [0.3, 0.4) is 0 Å². The van der Waals surface area contributed by atoms with Gasteiger partial charge in [0.15, 0.2) is 6.10 Å². The monoisotopic (exact) mass is 461 g/mol. The van der Waals surface area contributed by atoms with Crippen LogP contribution in [0.25, 0.3) is 11.3 Å². The number of rotatable bonds is 4. The Morgan fingerprint density at radius 3 is 2.83 bits per heavy atom. The average Bonchev–Trinajstić information content (AvgIpc) is 3.15. The number of nitrogens with zero attached hydrogens (tertiary/aromatic N) is 2. The highest BCUT2D eigenvalue weighted by atomic mass is 35.5. The first kappa shape index (κ1) is 20.7. The predicted molar refractivity (Wildman–Crippen MR) is 120 cm³/mol. The molecule has 9 heteroatoms. The Labute approximate surface area is 187 Å². The summed E-state index contributed by atoms with van der Waals surface area (Å²) < 4.78 is 5.73. The Kier molecular flexibility index (Phi) is 5.69. The van der Waals surface area contributed by atoms with Crippen LogP contribution in [-0.4, -0.2) is 29.4 Å². The topological polar surface area (TPSA) is 71.5 Å². The lowest BCUT2D eigenvalue weighted by atomic mass is 10.1. The summed E-state index contributed by atoms with van der Waals surface area (Å²) in [4.78, 5) is 31.4.